The average molecular weight is 211 g/mol. The zero-order valence-electron chi connectivity index (χ0n) is 5.48. The molecule has 0 saturated carbocycles. The predicted octanol–water partition coefficient (Wildman–Crippen LogP) is 2.81. The molecule has 0 aliphatic heterocycles. The van der Waals surface area contributed by atoms with E-state index in [0.717, 1.165) is 0 Å². The summed E-state index contributed by atoms with van der Waals surface area (Å²) in [5, 5.41) is -0.0573. The highest BCUT2D eigenvalue weighted by Gasteiger charge is 2.33. The maximum absolute atomic E-state index is 10.8. The molecule has 0 heterocycles. The summed E-state index contributed by atoms with van der Waals surface area (Å²) in [6.45, 7) is 0. The number of allylic oxidation sites excluding steroid dienone is 4. The number of halogens is 3. The molecule has 0 spiro atoms. The van der Waals surface area contributed by atoms with Crippen LogP contribution in [0, 0.1) is 0 Å². The molecule has 0 amide bonds. The van der Waals surface area contributed by atoms with Gasteiger partial charge in [0.25, 0.3) is 0 Å². The molecule has 0 radical (unpaired) electrons. The van der Waals surface area contributed by atoms with Crippen molar-refractivity contribution in [3.63, 3.8) is 0 Å². The van der Waals surface area contributed by atoms with Gasteiger partial charge in [-0.05, 0) is 17.7 Å². The van der Waals surface area contributed by atoms with Crippen molar-refractivity contribution >= 4 is 40.0 Å². The minimum absolute atomic E-state index is 0.273. The molecule has 0 fully saturated rings. The van der Waals surface area contributed by atoms with Crippen molar-refractivity contribution in [2.24, 2.45) is 0 Å². The Morgan fingerprint density at radius 2 is 2.27 bits per heavy atom. The molecular weight excluding hydrogens is 206 g/mol. The van der Waals surface area contributed by atoms with E-state index in [2.05, 4.69) is 0 Å². The molecular formula is C7H5Cl3O. The topological polar surface area (TPSA) is 17.1 Å². The van der Waals surface area contributed by atoms with Gasteiger partial charge in [0.15, 0.2) is 0 Å². The van der Waals surface area contributed by atoms with Crippen LogP contribution in [0.5, 0.6) is 0 Å². The van der Waals surface area contributed by atoms with Crippen LogP contribution in [0.25, 0.3) is 0 Å². The van der Waals surface area contributed by atoms with Crippen molar-refractivity contribution in [1.82, 2.24) is 0 Å². The second-order valence-electron chi connectivity index (χ2n) is 2.29. The molecule has 1 aliphatic carbocycles. The smallest absolute Gasteiger partial charge is 0.246 e. The average Bonchev–Trinajstić information content (AvgIpc) is 1.86. The van der Waals surface area contributed by atoms with Gasteiger partial charge in [-0.2, -0.15) is 0 Å². The van der Waals surface area contributed by atoms with Crippen LogP contribution in [0.4, 0.5) is 0 Å². The highest BCUT2D eigenvalue weighted by molar-refractivity contribution is 6.71. The molecule has 60 valence electrons. The van der Waals surface area contributed by atoms with Gasteiger partial charge < -0.3 is 0 Å². The number of carbonyl (C=O) groups is 1. The fourth-order valence-electron chi connectivity index (χ4n) is 0.804. The Hall–Kier alpha value is 0.0200. The second kappa shape index (κ2) is 3.18. The first-order valence-electron chi connectivity index (χ1n) is 2.97. The van der Waals surface area contributed by atoms with Gasteiger partial charge in [0, 0.05) is 11.5 Å². The third-order valence-electron chi connectivity index (χ3n) is 1.39. The summed E-state index contributed by atoms with van der Waals surface area (Å²) in [5.74, 6) is 0. The predicted molar refractivity (Wildman–Crippen MR) is 47.1 cm³/mol. The van der Waals surface area contributed by atoms with E-state index >= 15 is 0 Å². The van der Waals surface area contributed by atoms with Crippen LogP contribution in [0.15, 0.2) is 23.3 Å². The third kappa shape index (κ3) is 1.98. The van der Waals surface area contributed by atoms with Gasteiger partial charge in [-0.25, -0.2) is 0 Å². The van der Waals surface area contributed by atoms with Gasteiger partial charge in [0.2, 0.25) is 5.24 Å². The van der Waals surface area contributed by atoms with Gasteiger partial charge >= 0.3 is 0 Å². The van der Waals surface area contributed by atoms with E-state index in [4.69, 9.17) is 34.8 Å². The van der Waals surface area contributed by atoms with Crippen LogP contribution < -0.4 is 0 Å². The van der Waals surface area contributed by atoms with Crippen LogP contribution >= 0.6 is 34.8 Å². The number of hydrogen-bond acceptors (Lipinski definition) is 1. The quantitative estimate of drug-likeness (QED) is 0.481. The molecule has 1 nitrogen and oxygen atoms in total. The Morgan fingerprint density at radius 1 is 1.64 bits per heavy atom. The largest absolute Gasteiger partial charge is 0.279 e. The number of hydrogen-bond donors (Lipinski definition) is 0. The maximum Gasteiger partial charge on any atom is 0.246 e. The van der Waals surface area contributed by atoms with Gasteiger partial charge in [-0.15, -0.1) is 11.6 Å². The normalized spacial score (nSPS) is 29.9. The zero-order chi connectivity index (χ0) is 8.48. The minimum Gasteiger partial charge on any atom is -0.279 e. The highest BCUT2D eigenvalue weighted by atomic mass is 35.5. The van der Waals surface area contributed by atoms with Crippen molar-refractivity contribution in [3.05, 3.63) is 23.3 Å². The molecule has 1 rings (SSSR count). The van der Waals surface area contributed by atoms with Crippen LogP contribution in [0.3, 0.4) is 0 Å². The summed E-state index contributed by atoms with van der Waals surface area (Å²) >= 11 is 16.7. The summed E-state index contributed by atoms with van der Waals surface area (Å²) in [7, 11) is 0. The van der Waals surface area contributed by atoms with E-state index < -0.39 is 10.1 Å². The molecule has 0 bridgehead atoms. The van der Waals surface area contributed by atoms with Crippen LogP contribution in [0.1, 0.15) is 6.42 Å². The molecule has 1 aliphatic rings. The summed E-state index contributed by atoms with van der Waals surface area (Å²) in [6.07, 6.45) is 5.12. The molecule has 11 heavy (non-hydrogen) atoms. The first-order valence-corrected chi connectivity index (χ1v) is 4.11. The van der Waals surface area contributed by atoms with Crippen LogP contribution in [0.2, 0.25) is 0 Å². The Balaban J connectivity index is 2.86. The van der Waals surface area contributed by atoms with Gasteiger partial charge in [-0.3, -0.25) is 4.79 Å². The minimum atomic E-state index is -1.13. The van der Waals surface area contributed by atoms with Gasteiger partial charge in [0.05, 0.1) is 0 Å². The summed E-state index contributed by atoms with van der Waals surface area (Å²) in [4.78, 5) is 9.63. The zero-order valence-corrected chi connectivity index (χ0v) is 7.75. The van der Waals surface area contributed by atoms with Crippen molar-refractivity contribution in [3.8, 4) is 0 Å². The molecule has 0 aromatic carbocycles. The molecule has 1 unspecified atom stereocenters. The number of rotatable bonds is 1. The molecule has 1 atom stereocenters. The molecule has 4 heteroatoms. The first kappa shape index (κ1) is 9.11. The van der Waals surface area contributed by atoms with E-state index in [1.165, 1.54) is 6.08 Å². The lowest BCUT2D eigenvalue weighted by Crippen LogP contribution is -2.27. The molecule has 0 N–H and O–H groups in total. The van der Waals surface area contributed by atoms with E-state index in [1.807, 2.05) is 0 Å². The van der Waals surface area contributed by atoms with Crippen LogP contribution in [-0.2, 0) is 4.79 Å². The first-order chi connectivity index (χ1) is 5.04. The molecule has 0 saturated heterocycles. The van der Waals surface area contributed by atoms with Crippen molar-refractivity contribution < 1.29 is 4.79 Å². The fraction of sp³-hybridized carbons (Fsp3) is 0.286. The SMILES string of the molecule is O=C(Cl)C1(Cl)C=CC=C(Cl)C1. The lowest BCUT2D eigenvalue weighted by molar-refractivity contribution is -0.113. The second-order valence-corrected chi connectivity index (χ2v) is 3.79. The maximum atomic E-state index is 10.8. The van der Waals surface area contributed by atoms with Gasteiger partial charge in [-0.1, -0.05) is 23.8 Å². The van der Waals surface area contributed by atoms with Crippen molar-refractivity contribution in [1.29, 1.82) is 0 Å². The monoisotopic (exact) mass is 210 g/mol. The third-order valence-corrected chi connectivity index (χ3v) is 2.52. The fourth-order valence-corrected chi connectivity index (χ4v) is 1.50. The van der Waals surface area contributed by atoms with Crippen molar-refractivity contribution in [2.75, 3.05) is 0 Å². The Morgan fingerprint density at radius 3 is 2.64 bits per heavy atom. The van der Waals surface area contributed by atoms with Gasteiger partial charge in [0.1, 0.15) is 4.87 Å². The lowest BCUT2D eigenvalue weighted by Gasteiger charge is -2.20. The van der Waals surface area contributed by atoms with E-state index in [9.17, 15) is 4.79 Å². The molecule has 0 aromatic heterocycles. The highest BCUT2D eigenvalue weighted by Crippen LogP contribution is 2.33. The Labute approximate surface area is 79.6 Å². The summed E-state index contributed by atoms with van der Waals surface area (Å²) < 4.78 is 0. The van der Waals surface area contributed by atoms with Crippen LogP contribution in [-0.4, -0.2) is 10.1 Å². The van der Waals surface area contributed by atoms with E-state index in [0.29, 0.717) is 5.03 Å². The summed E-state index contributed by atoms with van der Waals surface area (Å²) in [6, 6.07) is 0. The van der Waals surface area contributed by atoms with E-state index in [-0.39, 0.29) is 6.42 Å². The Kier molecular flexibility index (Phi) is 2.63. The standard InChI is InChI=1S/C7H5Cl3O/c8-5-2-1-3-7(10,4-5)6(9)11/h1-3H,4H2. The Bertz CT molecular complexity index is 244. The summed E-state index contributed by atoms with van der Waals surface area (Å²) in [5.41, 5.74) is 0. The lowest BCUT2D eigenvalue weighted by atomic mass is 10.0. The number of carbonyl (C=O) groups excluding carboxylic acids is 1. The molecule has 0 aromatic rings. The van der Waals surface area contributed by atoms with Crippen molar-refractivity contribution in [2.45, 2.75) is 11.3 Å². The van der Waals surface area contributed by atoms with E-state index in [1.54, 1.807) is 12.2 Å². The number of alkyl halides is 1.